The first-order valence-corrected chi connectivity index (χ1v) is 8.97. The lowest BCUT2D eigenvalue weighted by Crippen LogP contribution is -2.35. The van der Waals surface area contributed by atoms with Crippen LogP contribution >= 0.6 is 11.3 Å². The van der Waals surface area contributed by atoms with Gasteiger partial charge in [-0.1, -0.05) is 36.4 Å². The van der Waals surface area contributed by atoms with E-state index in [1.165, 1.54) is 26.9 Å². The molecule has 1 aliphatic rings. The van der Waals surface area contributed by atoms with Gasteiger partial charge in [0.15, 0.2) is 0 Å². The van der Waals surface area contributed by atoms with Crippen molar-refractivity contribution in [2.45, 2.75) is 13.0 Å². The summed E-state index contributed by atoms with van der Waals surface area (Å²) in [6, 6.07) is 18.5. The number of hydrogen-bond donors (Lipinski definition) is 1. The molecule has 0 aliphatic carbocycles. The van der Waals surface area contributed by atoms with Gasteiger partial charge < -0.3 is 9.88 Å². The number of para-hydroxylation sites is 1. The van der Waals surface area contributed by atoms with Crippen molar-refractivity contribution >= 4 is 38.2 Å². The first kappa shape index (κ1) is 13.8. The highest BCUT2D eigenvalue weighted by molar-refractivity contribution is 7.20. The minimum atomic E-state index is 0.145. The van der Waals surface area contributed by atoms with E-state index in [0.29, 0.717) is 6.54 Å². The number of H-pyrrole nitrogens is 1. The molecule has 4 aromatic rings. The third-order valence-electron chi connectivity index (χ3n) is 4.81. The average molecular weight is 332 g/mol. The van der Waals surface area contributed by atoms with Crippen LogP contribution in [0.4, 0.5) is 0 Å². The summed E-state index contributed by atoms with van der Waals surface area (Å²) in [6.45, 7) is 1.46. The molecule has 2 aromatic carbocycles. The van der Waals surface area contributed by atoms with E-state index < -0.39 is 0 Å². The van der Waals surface area contributed by atoms with Crippen LogP contribution in [0.25, 0.3) is 21.0 Å². The molecular formula is C20H16N2OS. The predicted octanol–water partition coefficient (Wildman–Crippen LogP) is 4.58. The van der Waals surface area contributed by atoms with Crippen LogP contribution < -0.4 is 0 Å². The summed E-state index contributed by atoms with van der Waals surface area (Å²) < 4.78 is 1.17. The number of nitrogens with zero attached hydrogens (tertiary/aromatic N) is 1. The fraction of sp³-hybridized carbons (Fsp3) is 0.150. The number of fused-ring (bicyclic) bond motifs is 4. The zero-order valence-corrected chi connectivity index (χ0v) is 13.9. The van der Waals surface area contributed by atoms with Gasteiger partial charge in [-0.2, -0.15) is 0 Å². The molecule has 0 spiro atoms. The molecule has 0 fully saturated rings. The number of carbonyl (C=O) groups excluding carboxylic acids is 1. The van der Waals surface area contributed by atoms with Gasteiger partial charge >= 0.3 is 0 Å². The Morgan fingerprint density at radius 2 is 1.92 bits per heavy atom. The summed E-state index contributed by atoms with van der Waals surface area (Å²) in [5.74, 6) is 0.145. The maximum absolute atomic E-state index is 13.0. The Bertz CT molecular complexity index is 1040. The van der Waals surface area contributed by atoms with Gasteiger partial charge in [-0.15, -0.1) is 11.3 Å². The molecule has 0 radical (unpaired) electrons. The first-order chi connectivity index (χ1) is 11.8. The number of nitrogens with one attached hydrogen (secondary N) is 1. The SMILES string of the molecule is O=C(c1cc2ccccc2s1)N1CCc2[nH]c3ccccc3c2C1. The van der Waals surface area contributed by atoms with Crippen LogP contribution in [0.1, 0.15) is 20.9 Å². The number of carbonyl (C=O) groups is 1. The summed E-state index contributed by atoms with van der Waals surface area (Å²) in [6.07, 6.45) is 0.890. The van der Waals surface area contributed by atoms with Crippen LogP contribution in [0.2, 0.25) is 0 Å². The van der Waals surface area contributed by atoms with Crippen LogP contribution in [0.15, 0.2) is 54.6 Å². The fourth-order valence-electron chi connectivity index (χ4n) is 3.58. The number of amides is 1. The van der Waals surface area contributed by atoms with Crippen molar-refractivity contribution in [3.8, 4) is 0 Å². The highest BCUT2D eigenvalue weighted by atomic mass is 32.1. The number of thiophene rings is 1. The largest absolute Gasteiger partial charge is 0.358 e. The second kappa shape index (κ2) is 5.21. The quantitative estimate of drug-likeness (QED) is 0.544. The highest BCUT2D eigenvalue weighted by Gasteiger charge is 2.25. The topological polar surface area (TPSA) is 36.1 Å². The Kier molecular flexibility index (Phi) is 3.00. The predicted molar refractivity (Wildman–Crippen MR) is 98.6 cm³/mol. The van der Waals surface area contributed by atoms with E-state index in [0.717, 1.165) is 23.2 Å². The van der Waals surface area contributed by atoms with Crippen molar-refractivity contribution in [2.24, 2.45) is 0 Å². The standard InChI is InChI=1S/C20H16N2OS/c23-20(19-11-13-5-1-4-8-18(13)24-19)22-10-9-17-15(12-22)14-6-2-3-7-16(14)21-17/h1-8,11,21H,9-10,12H2. The molecule has 0 unspecified atom stereocenters. The lowest BCUT2D eigenvalue weighted by molar-refractivity contribution is 0.0740. The molecule has 5 rings (SSSR count). The summed E-state index contributed by atoms with van der Waals surface area (Å²) in [5.41, 5.74) is 3.71. The van der Waals surface area contributed by atoms with Gasteiger partial charge in [-0.3, -0.25) is 4.79 Å². The van der Waals surface area contributed by atoms with Gasteiger partial charge in [0.1, 0.15) is 0 Å². The Morgan fingerprint density at radius 3 is 2.83 bits per heavy atom. The Hall–Kier alpha value is -2.59. The van der Waals surface area contributed by atoms with Gasteiger partial charge in [0.2, 0.25) is 0 Å². The van der Waals surface area contributed by atoms with Crippen LogP contribution in [0, 0.1) is 0 Å². The van der Waals surface area contributed by atoms with Crippen LogP contribution in [-0.4, -0.2) is 22.3 Å². The van der Waals surface area contributed by atoms with Crippen molar-refractivity contribution in [3.05, 3.63) is 70.7 Å². The maximum atomic E-state index is 13.0. The highest BCUT2D eigenvalue weighted by Crippen LogP contribution is 2.31. The zero-order chi connectivity index (χ0) is 16.1. The number of rotatable bonds is 1. The van der Waals surface area contributed by atoms with Crippen molar-refractivity contribution in [1.29, 1.82) is 0 Å². The Labute approximate surface area is 143 Å². The average Bonchev–Trinajstić information content (AvgIpc) is 3.21. The molecule has 0 bridgehead atoms. The minimum absolute atomic E-state index is 0.145. The second-order valence-electron chi connectivity index (χ2n) is 6.25. The van der Waals surface area contributed by atoms with E-state index in [1.807, 2.05) is 29.2 Å². The maximum Gasteiger partial charge on any atom is 0.264 e. The first-order valence-electron chi connectivity index (χ1n) is 8.16. The molecule has 0 atom stereocenters. The number of aromatic amines is 1. The van der Waals surface area contributed by atoms with Gasteiger partial charge in [-0.05, 0) is 23.6 Å². The molecule has 3 nitrogen and oxygen atoms in total. The Morgan fingerprint density at radius 1 is 1.08 bits per heavy atom. The number of benzene rings is 2. The minimum Gasteiger partial charge on any atom is -0.358 e. The van der Waals surface area contributed by atoms with Crippen LogP contribution in [0.5, 0.6) is 0 Å². The monoisotopic (exact) mass is 332 g/mol. The van der Waals surface area contributed by atoms with E-state index in [1.54, 1.807) is 11.3 Å². The molecular weight excluding hydrogens is 316 g/mol. The van der Waals surface area contributed by atoms with E-state index >= 15 is 0 Å². The molecule has 0 saturated heterocycles. The molecule has 3 heterocycles. The van der Waals surface area contributed by atoms with Gasteiger partial charge in [0, 0.05) is 46.4 Å². The zero-order valence-electron chi connectivity index (χ0n) is 13.1. The van der Waals surface area contributed by atoms with E-state index in [-0.39, 0.29) is 5.91 Å². The van der Waals surface area contributed by atoms with Crippen molar-refractivity contribution in [1.82, 2.24) is 9.88 Å². The molecule has 1 aliphatic heterocycles. The Balaban J connectivity index is 1.50. The summed E-state index contributed by atoms with van der Waals surface area (Å²) >= 11 is 1.59. The van der Waals surface area contributed by atoms with E-state index in [4.69, 9.17) is 0 Å². The molecule has 1 amide bonds. The summed E-state index contributed by atoms with van der Waals surface area (Å²) in [5, 5.41) is 2.39. The number of hydrogen-bond acceptors (Lipinski definition) is 2. The lowest BCUT2D eigenvalue weighted by atomic mass is 10.0. The van der Waals surface area contributed by atoms with Crippen LogP contribution in [0.3, 0.4) is 0 Å². The van der Waals surface area contributed by atoms with E-state index in [9.17, 15) is 4.79 Å². The molecule has 0 saturated carbocycles. The molecule has 24 heavy (non-hydrogen) atoms. The van der Waals surface area contributed by atoms with Crippen molar-refractivity contribution < 1.29 is 4.79 Å². The lowest BCUT2D eigenvalue weighted by Gasteiger charge is -2.26. The normalized spacial score (nSPS) is 14.2. The van der Waals surface area contributed by atoms with Gasteiger partial charge in [0.25, 0.3) is 5.91 Å². The molecule has 1 N–H and O–H groups in total. The molecule has 118 valence electrons. The fourth-order valence-corrected chi connectivity index (χ4v) is 4.61. The summed E-state index contributed by atoms with van der Waals surface area (Å²) in [4.78, 5) is 19.3. The van der Waals surface area contributed by atoms with Crippen molar-refractivity contribution in [3.63, 3.8) is 0 Å². The van der Waals surface area contributed by atoms with E-state index in [2.05, 4.69) is 35.3 Å². The third kappa shape index (κ3) is 2.07. The van der Waals surface area contributed by atoms with Crippen molar-refractivity contribution in [2.75, 3.05) is 6.54 Å². The smallest absolute Gasteiger partial charge is 0.264 e. The molecule has 2 aromatic heterocycles. The van der Waals surface area contributed by atoms with Gasteiger partial charge in [0.05, 0.1) is 4.88 Å². The molecule has 4 heteroatoms. The van der Waals surface area contributed by atoms with Crippen LogP contribution in [-0.2, 0) is 13.0 Å². The third-order valence-corrected chi connectivity index (χ3v) is 5.91. The second-order valence-corrected chi connectivity index (χ2v) is 7.34. The number of aromatic nitrogens is 1. The summed E-state index contributed by atoms with van der Waals surface area (Å²) in [7, 11) is 0. The van der Waals surface area contributed by atoms with Gasteiger partial charge in [-0.25, -0.2) is 0 Å².